The fourth-order valence-electron chi connectivity index (χ4n) is 6.35. The molecule has 4 atom stereocenters. The molecule has 1 aliphatic carbocycles. The lowest BCUT2D eigenvalue weighted by atomic mass is 9.93. The van der Waals surface area contributed by atoms with E-state index in [0.717, 1.165) is 30.8 Å². The van der Waals surface area contributed by atoms with E-state index in [1.54, 1.807) is 10.9 Å². The normalized spacial score (nSPS) is 22.6. The fraction of sp³-hybridized carbons (Fsp3) is 0.323. The van der Waals surface area contributed by atoms with Gasteiger partial charge in [0.1, 0.15) is 23.3 Å². The van der Waals surface area contributed by atoms with Crippen molar-refractivity contribution in [2.75, 3.05) is 18.8 Å². The third-order valence-electron chi connectivity index (χ3n) is 8.58. The summed E-state index contributed by atoms with van der Waals surface area (Å²) < 4.78 is 3.62. The first kappa shape index (κ1) is 27.4. The molecule has 7 rings (SSSR count). The molecule has 42 heavy (non-hydrogen) atoms. The quantitative estimate of drug-likeness (QED) is 0.227. The first-order chi connectivity index (χ1) is 20.4. The van der Waals surface area contributed by atoms with Gasteiger partial charge in [0, 0.05) is 30.4 Å². The van der Waals surface area contributed by atoms with Crippen molar-refractivity contribution in [3.63, 3.8) is 0 Å². The number of nitrogen functional groups attached to an aromatic ring is 1. The Morgan fingerprint density at radius 1 is 0.905 bits per heavy atom. The third kappa shape index (κ3) is 4.95. The maximum Gasteiger partial charge on any atom is 0.226 e. The number of aromatic nitrogens is 5. The number of halogens is 2. The first-order valence-corrected chi connectivity index (χ1v) is 14.9. The summed E-state index contributed by atoms with van der Waals surface area (Å²) >= 11 is 13.0. The number of nitrogens with zero attached hydrogens (tertiary/aromatic N) is 6. The van der Waals surface area contributed by atoms with Gasteiger partial charge in [-0.1, -0.05) is 66.2 Å². The number of aliphatic hydroxyl groups is 2. The molecule has 2 aliphatic rings. The maximum absolute atomic E-state index is 11.4. The zero-order chi connectivity index (χ0) is 29.0. The van der Waals surface area contributed by atoms with E-state index in [-0.39, 0.29) is 17.0 Å². The standard InChI is InChI=1S/C31H31Cl2N7O2/c32-23-17-39(15-18-6-2-1-3-7-18)37-26(23)22-16-40(30-25(22)29(34)35-31(33)36-30)24-13-21(27(41)28(24)42)20-9-4-8-19(12-20)14-38-10-5-11-38/h1-4,6-9,12,16-17,21,24,27-28,41-42H,5,10-11,13-15H2,(H2,34,35,36). The molecule has 5 aromatic rings. The van der Waals surface area contributed by atoms with E-state index in [0.29, 0.717) is 40.3 Å². The predicted octanol–water partition coefficient (Wildman–Crippen LogP) is 4.89. The molecular weight excluding hydrogens is 573 g/mol. The van der Waals surface area contributed by atoms with E-state index < -0.39 is 18.2 Å². The van der Waals surface area contributed by atoms with Crippen LogP contribution in [0.25, 0.3) is 22.3 Å². The van der Waals surface area contributed by atoms with Crippen LogP contribution in [0.3, 0.4) is 0 Å². The molecule has 0 spiro atoms. The lowest BCUT2D eigenvalue weighted by Crippen LogP contribution is -2.36. The Labute approximate surface area is 253 Å². The second-order valence-electron chi connectivity index (χ2n) is 11.3. The third-order valence-corrected chi connectivity index (χ3v) is 9.02. The number of hydrogen-bond donors (Lipinski definition) is 3. The number of nitrogens with two attached hydrogens (primary N) is 1. The van der Waals surface area contributed by atoms with Crippen LogP contribution in [0.4, 0.5) is 5.82 Å². The number of rotatable bonds is 7. The van der Waals surface area contributed by atoms with Gasteiger partial charge < -0.3 is 20.5 Å². The van der Waals surface area contributed by atoms with E-state index >= 15 is 0 Å². The number of hydrogen-bond acceptors (Lipinski definition) is 7. The zero-order valence-electron chi connectivity index (χ0n) is 22.8. The summed E-state index contributed by atoms with van der Waals surface area (Å²) in [4.78, 5) is 11.1. The average molecular weight is 605 g/mol. The van der Waals surface area contributed by atoms with Gasteiger partial charge in [0.25, 0.3) is 0 Å². The first-order valence-electron chi connectivity index (χ1n) is 14.1. The highest BCUT2D eigenvalue weighted by molar-refractivity contribution is 6.33. The van der Waals surface area contributed by atoms with Crippen LogP contribution in [0.15, 0.2) is 67.0 Å². The summed E-state index contributed by atoms with van der Waals surface area (Å²) in [5.74, 6) is -0.0683. The van der Waals surface area contributed by atoms with E-state index in [1.807, 2.05) is 53.2 Å². The van der Waals surface area contributed by atoms with Crippen molar-refractivity contribution in [1.29, 1.82) is 0 Å². The molecule has 9 nitrogen and oxygen atoms in total. The summed E-state index contributed by atoms with van der Waals surface area (Å²) in [6.07, 6.45) is 3.35. The zero-order valence-corrected chi connectivity index (χ0v) is 24.3. The molecule has 2 fully saturated rings. The number of likely N-dealkylation sites (tertiary alicyclic amines) is 1. The summed E-state index contributed by atoms with van der Waals surface area (Å²) in [7, 11) is 0. The molecule has 4 N–H and O–H groups in total. The topological polar surface area (TPSA) is 118 Å². The van der Waals surface area contributed by atoms with Crippen molar-refractivity contribution in [3.8, 4) is 11.3 Å². The minimum absolute atomic E-state index is 0.00474. The highest BCUT2D eigenvalue weighted by Crippen LogP contribution is 2.45. The largest absolute Gasteiger partial charge is 0.390 e. The molecule has 2 aromatic carbocycles. The highest BCUT2D eigenvalue weighted by Gasteiger charge is 2.44. The van der Waals surface area contributed by atoms with Crippen molar-refractivity contribution in [3.05, 3.63) is 94.0 Å². The van der Waals surface area contributed by atoms with Gasteiger partial charge in [0.05, 0.1) is 29.1 Å². The molecule has 0 bridgehead atoms. The van der Waals surface area contributed by atoms with Gasteiger partial charge in [-0.25, -0.2) is 4.98 Å². The number of aliphatic hydroxyl groups excluding tert-OH is 2. The Morgan fingerprint density at radius 2 is 1.69 bits per heavy atom. The molecule has 11 heteroatoms. The van der Waals surface area contributed by atoms with Crippen molar-refractivity contribution < 1.29 is 10.2 Å². The van der Waals surface area contributed by atoms with Gasteiger partial charge >= 0.3 is 0 Å². The SMILES string of the molecule is Nc1nc(Cl)nc2c1c(-c1nn(Cc3ccccc3)cc1Cl)cn2C1CC(c2cccc(CN3CCC3)c2)C(O)C1O. The van der Waals surface area contributed by atoms with E-state index in [9.17, 15) is 10.2 Å². The Morgan fingerprint density at radius 3 is 2.45 bits per heavy atom. The average Bonchev–Trinajstić information content (AvgIpc) is 3.60. The Kier molecular flexibility index (Phi) is 7.16. The summed E-state index contributed by atoms with van der Waals surface area (Å²) in [5, 5.41) is 28.4. The number of anilines is 1. The van der Waals surface area contributed by atoms with Crippen molar-refractivity contribution >= 4 is 40.1 Å². The summed E-state index contributed by atoms with van der Waals surface area (Å²) in [6, 6.07) is 17.8. The summed E-state index contributed by atoms with van der Waals surface area (Å²) in [6.45, 7) is 3.66. The van der Waals surface area contributed by atoms with E-state index in [1.165, 1.54) is 12.0 Å². The molecule has 3 aromatic heterocycles. The Bertz CT molecular complexity index is 1750. The molecular formula is C31H31Cl2N7O2. The summed E-state index contributed by atoms with van der Waals surface area (Å²) in [5.41, 5.74) is 11.3. The lowest BCUT2D eigenvalue weighted by Gasteiger charge is -2.31. The fourth-order valence-corrected chi connectivity index (χ4v) is 6.77. The van der Waals surface area contributed by atoms with Crippen molar-refractivity contribution in [2.24, 2.45) is 0 Å². The molecule has 1 aliphatic heterocycles. The van der Waals surface area contributed by atoms with Gasteiger partial charge in [-0.3, -0.25) is 9.58 Å². The molecule has 4 heterocycles. The van der Waals surface area contributed by atoms with Crippen LogP contribution in [-0.2, 0) is 13.1 Å². The minimum Gasteiger partial charge on any atom is -0.390 e. The van der Waals surface area contributed by atoms with Gasteiger partial charge in [0.15, 0.2) is 0 Å². The van der Waals surface area contributed by atoms with Gasteiger partial charge in [-0.2, -0.15) is 10.1 Å². The van der Waals surface area contributed by atoms with Crippen LogP contribution in [-0.4, -0.2) is 64.7 Å². The van der Waals surface area contributed by atoms with Crippen LogP contribution < -0.4 is 5.73 Å². The van der Waals surface area contributed by atoms with Crippen molar-refractivity contribution in [2.45, 2.75) is 50.1 Å². The van der Waals surface area contributed by atoms with Crippen LogP contribution in [0.5, 0.6) is 0 Å². The molecule has 0 amide bonds. The smallest absolute Gasteiger partial charge is 0.226 e. The van der Waals surface area contributed by atoms with E-state index in [2.05, 4.69) is 27.0 Å². The Hall–Kier alpha value is -3.47. The van der Waals surface area contributed by atoms with Gasteiger partial charge in [-0.15, -0.1) is 0 Å². The molecule has 1 saturated heterocycles. The van der Waals surface area contributed by atoms with Crippen molar-refractivity contribution in [1.82, 2.24) is 29.2 Å². The molecule has 4 unspecified atom stereocenters. The minimum atomic E-state index is -1.04. The maximum atomic E-state index is 11.4. The predicted molar refractivity (Wildman–Crippen MR) is 163 cm³/mol. The second kappa shape index (κ2) is 11.0. The highest BCUT2D eigenvalue weighted by atomic mass is 35.5. The monoisotopic (exact) mass is 603 g/mol. The van der Waals surface area contributed by atoms with Crippen LogP contribution >= 0.6 is 23.2 Å². The second-order valence-corrected chi connectivity index (χ2v) is 12.0. The molecule has 0 radical (unpaired) electrons. The van der Waals surface area contributed by atoms with Gasteiger partial charge in [-0.05, 0) is 54.2 Å². The molecule has 1 saturated carbocycles. The van der Waals surface area contributed by atoms with E-state index in [4.69, 9.17) is 34.0 Å². The number of fused-ring (bicyclic) bond motifs is 1. The van der Waals surface area contributed by atoms with Crippen LogP contribution in [0.1, 0.15) is 41.5 Å². The van der Waals surface area contributed by atoms with Gasteiger partial charge in [0.2, 0.25) is 5.28 Å². The number of benzene rings is 2. The van der Waals surface area contributed by atoms with Crippen LogP contribution in [0.2, 0.25) is 10.3 Å². The molecule has 216 valence electrons. The lowest BCUT2D eigenvalue weighted by molar-refractivity contribution is 0.0179. The van der Waals surface area contributed by atoms with Crippen LogP contribution in [0, 0.1) is 0 Å². The Balaban J connectivity index is 1.25.